The second kappa shape index (κ2) is 7.87. The molecule has 0 heterocycles. The van der Waals surface area contributed by atoms with Crippen molar-refractivity contribution in [2.45, 2.75) is 12.5 Å². The molecule has 3 rings (SSSR count). The number of carbonyl (C=O) groups is 1. The Morgan fingerprint density at radius 3 is 2.60 bits per heavy atom. The van der Waals surface area contributed by atoms with Crippen molar-refractivity contribution in [2.75, 3.05) is 6.54 Å². The topological polar surface area (TPSA) is 49.3 Å². The zero-order valence-corrected chi connectivity index (χ0v) is 14.9. The van der Waals surface area contributed by atoms with Gasteiger partial charge in [0.15, 0.2) is 0 Å². The van der Waals surface area contributed by atoms with Crippen molar-refractivity contribution in [3.05, 3.63) is 81.8 Å². The highest BCUT2D eigenvalue weighted by Crippen LogP contribution is 2.26. The van der Waals surface area contributed by atoms with Crippen molar-refractivity contribution in [1.29, 1.82) is 0 Å². The van der Waals surface area contributed by atoms with Crippen LogP contribution in [0.25, 0.3) is 10.8 Å². The van der Waals surface area contributed by atoms with Gasteiger partial charge in [0.25, 0.3) is 5.91 Å². The molecule has 3 aromatic carbocycles. The van der Waals surface area contributed by atoms with Gasteiger partial charge in [-0.2, -0.15) is 0 Å². The van der Waals surface area contributed by atoms with Crippen LogP contribution in [0.3, 0.4) is 0 Å². The molecule has 1 amide bonds. The Morgan fingerprint density at radius 1 is 1.04 bits per heavy atom. The van der Waals surface area contributed by atoms with Crippen molar-refractivity contribution in [1.82, 2.24) is 5.32 Å². The Morgan fingerprint density at radius 2 is 1.80 bits per heavy atom. The summed E-state index contributed by atoms with van der Waals surface area (Å²) in [6, 6.07) is 18.5. The van der Waals surface area contributed by atoms with Gasteiger partial charge in [0, 0.05) is 11.6 Å². The number of aliphatic hydroxyl groups is 1. The Bertz CT molecular complexity index is 906. The fourth-order valence-corrected chi connectivity index (χ4v) is 3.28. The lowest BCUT2D eigenvalue weighted by Gasteiger charge is -2.14. The Kier molecular flexibility index (Phi) is 5.59. The fraction of sp³-hybridized carbons (Fsp3) is 0.150. The predicted molar refractivity (Wildman–Crippen MR) is 102 cm³/mol. The molecule has 0 saturated carbocycles. The lowest BCUT2D eigenvalue weighted by atomic mass is 9.99. The van der Waals surface area contributed by atoms with Crippen molar-refractivity contribution < 1.29 is 9.90 Å². The molecular formula is C20H17Cl2NO2. The third-order valence-corrected chi connectivity index (χ3v) is 4.61. The van der Waals surface area contributed by atoms with E-state index in [1.807, 2.05) is 42.5 Å². The van der Waals surface area contributed by atoms with Gasteiger partial charge in [0.05, 0.1) is 16.7 Å². The minimum absolute atomic E-state index is 0.285. The first-order valence-corrected chi connectivity index (χ1v) is 8.71. The van der Waals surface area contributed by atoms with E-state index in [1.54, 1.807) is 12.1 Å². The zero-order chi connectivity index (χ0) is 17.8. The van der Waals surface area contributed by atoms with Gasteiger partial charge in [-0.15, -0.1) is 0 Å². The predicted octanol–water partition coefficient (Wildman–Crippen LogP) is 5.00. The molecule has 2 N–H and O–H groups in total. The van der Waals surface area contributed by atoms with Crippen LogP contribution in [0.15, 0.2) is 60.7 Å². The van der Waals surface area contributed by atoms with Crippen LogP contribution in [0.5, 0.6) is 0 Å². The molecule has 0 aliphatic rings. The van der Waals surface area contributed by atoms with Crippen LogP contribution >= 0.6 is 23.2 Å². The van der Waals surface area contributed by atoms with Gasteiger partial charge in [-0.3, -0.25) is 4.79 Å². The highest BCUT2D eigenvalue weighted by Gasteiger charge is 2.13. The smallest absolute Gasteiger partial charge is 0.252 e. The first kappa shape index (κ1) is 17.7. The molecule has 0 fully saturated rings. The molecule has 5 heteroatoms. The van der Waals surface area contributed by atoms with E-state index in [0.717, 1.165) is 16.3 Å². The zero-order valence-electron chi connectivity index (χ0n) is 13.4. The molecule has 0 bridgehead atoms. The van der Waals surface area contributed by atoms with E-state index in [9.17, 15) is 9.90 Å². The summed E-state index contributed by atoms with van der Waals surface area (Å²) in [5.41, 5.74) is 1.22. The number of hydrogen-bond acceptors (Lipinski definition) is 2. The standard InChI is InChI=1S/C20H17Cl2NO2/c21-14-8-9-17(18(22)12-14)20(25)23-11-10-19(24)16-7-3-5-13-4-1-2-6-15(13)16/h1-9,12,19,24H,10-11H2,(H,23,25). The van der Waals surface area contributed by atoms with E-state index in [2.05, 4.69) is 5.32 Å². The molecule has 3 nitrogen and oxygen atoms in total. The number of benzene rings is 3. The fourth-order valence-electron chi connectivity index (χ4n) is 2.79. The number of amides is 1. The summed E-state index contributed by atoms with van der Waals surface area (Å²) in [6.07, 6.45) is -0.252. The SMILES string of the molecule is O=C(NCCC(O)c1cccc2ccccc12)c1ccc(Cl)cc1Cl. The Balaban J connectivity index is 1.64. The summed E-state index contributed by atoms with van der Waals surface area (Å²) >= 11 is 11.9. The van der Waals surface area contributed by atoms with Crippen LogP contribution in [0.2, 0.25) is 10.0 Å². The second-order valence-corrected chi connectivity index (χ2v) is 6.60. The highest BCUT2D eigenvalue weighted by molar-refractivity contribution is 6.36. The van der Waals surface area contributed by atoms with Crippen LogP contribution in [0, 0.1) is 0 Å². The lowest BCUT2D eigenvalue weighted by Crippen LogP contribution is -2.26. The molecule has 0 aliphatic carbocycles. The number of rotatable bonds is 5. The number of aliphatic hydroxyl groups excluding tert-OH is 1. The van der Waals surface area contributed by atoms with E-state index in [-0.39, 0.29) is 5.91 Å². The molecule has 0 saturated heterocycles. The van der Waals surface area contributed by atoms with E-state index < -0.39 is 6.10 Å². The Hall–Kier alpha value is -2.07. The van der Waals surface area contributed by atoms with E-state index >= 15 is 0 Å². The number of nitrogens with one attached hydrogen (secondary N) is 1. The van der Waals surface area contributed by atoms with E-state index in [4.69, 9.17) is 23.2 Å². The lowest BCUT2D eigenvalue weighted by molar-refractivity contribution is 0.0943. The van der Waals surface area contributed by atoms with Crippen LogP contribution in [0.4, 0.5) is 0 Å². The van der Waals surface area contributed by atoms with Crippen LogP contribution in [0.1, 0.15) is 28.4 Å². The third kappa shape index (κ3) is 4.13. The summed E-state index contributed by atoms with van der Waals surface area (Å²) < 4.78 is 0. The number of halogens is 2. The van der Waals surface area contributed by atoms with Crippen molar-refractivity contribution in [2.24, 2.45) is 0 Å². The summed E-state index contributed by atoms with van der Waals surface area (Å²) in [4.78, 5) is 12.2. The van der Waals surface area contributed by atoms with E-state index in [1.165, 1.54) is 6.07 Å². The maximum atomic E-state index is 12.2. The summed E-state index contributed by atoms with van der Waals surface area (Å²) in [7, 11) is 0. The maximum Gasteiger partial charge on any atom is 0.252 e. The molecule has 128 valence electrons. The molecule has 25 heavy (non-hydrogen) atoms. The molecule has 0 aliphatic heterocycles. The van der Waals surface area contributed by atoms with Crippen LogP contribution in [-0.4, -0.2) is 17.6 Å². The minimum Gasteiger partial charge on any atom is -0.388 e. The third-order valence-electron chi connectivity index (χ3n) is 4.06. The first-order valence-electron chi connectivity index (χ1n) is 7.95. The highest BCUT2D eigenvalue weighted by atomic mass is 35.5. The van der Waals surface area contributed by atoms with Gasteiger partial charge >= 0.3 is 0 Å². The van der Waals surface area contributed by atoms with Gasteiger partial charge in [0.1, 0.15) is 0 Å². The number of fused-ring (bicyclic) bond motifs is 1. The van der Waals surface area contributed by atoms with Gasteiger partial charge in [0.2, 0.25) is 0 Å². The minimum atomic E-state index is -0.660. The summed E-state index contributed by atoms with van der Waals surface area (Å²) in [6.45, 7) is 0.335. The quantitative estimate of drug-likeness (QED) is 0.660. The molecule has 0 aromatic heterocycles. The largest absolute Gasteiger partial charge is 0.388 e. The molecule has 0 radical (unpaired) electrons. The first-order chi connectivity index (χ1) is 12.1. The average molecular weight is 374 g/mol. The van der Waals surface area contributed by atoms with Gasteiger partial charge in [-0.05, 0) is 41.0 Å². The van der Waals surface area contributed by atoms with E-state index in [0.29, 0.717) is 28.6 Å². The Labute approximate surface area is 156 Å². The molecule has 1 atom stereocenters. The van der Waals surface area contributed by atoms with Crippen LogP contribution in [-0.2, 0) is 0 Å². The maximum absolute atomic E-state index is 12.2. The van der Waals surface area contributed by atoms with Crippen molar-refractivity contribution in [3.63, 3.8) is 0 Å². The molecule has 1 unspecified atom stereocenters. The van der Waals surface area contributed by atoms with Crippen molar-refractivity contribution >= 4 is 39.9 Å². The van der Waals surface area contributed by atoms with Crippen molar-refractivity contribution in [3.8, 4) is 0 Å². The molecular weight excluding hydrogens is 357 g/mol. The van der Waals surface area contributed by atoms with Gasteiger partial charge < -0.3 is 10.4 Å². The monoisotopic (exact) mass is 373 g/mol. The molecule has 3 aromatic rings. The molecule has 0 spiro atoms. The normalized spacial score (nSPS) is 12.1. The van der Waals surface area contributed by atoms with Gasteiger partial charge in [-0.1, -0.05) is 65.7 Å². The summed E-state index contributed by atoms with van der Waals surface area (Å²) in [5, 5.41) is 16.2. The van der Waals surface area contributed by atoms with Gasteiger partial charge in [-0.25, -0.2) is 0 Å². The number of hydrogen-bond donors (Lipinski definition) is 2. The number of carbonyl (C=O) groups excluding carboxylic acids is 1. The summed E-state index contributed by atoms with van der Waals surface area (Å²) in [5.74, 6) is -0.285. The second-order valence-electron chi connectivity index (χ2n) is 5.75. The average Bonchev–Trinajstić information content (AvgIpc) is 2.61. The van der Waals surface area contributed by atoms with Crippen LogP contribution < -0.4 is 5.32 Å².